The number of rotatable bonds is 4. The minimum atomic E-state index is -0.464. The van der Waals surface area contributed by atoms with Crippen molar-refractivity contribution >= 4 is 5.91 Å². The first-order valence-electron chi connectivity index (χ1n) is 7.60. The van der Waals surface area contributed by atoms with Gasteiger partial charge < -0.3 is 14.7 Å². The highest BCUT2D eigenvalue weighted by atomic mass is 16.5. The fraction of sp³-hybridized carbons (Fsp3) is 0.933. The fourth-order valence-electron chi connectivity index (χ4n) is 4.34. The van der Waals surface area contributed by atoms with Crippen molar-refractivity contribution in [2.45, 2.75) is 44.1 Å². The Balaban J connectivity index is 1.60. The van der Waals surface area contributed by atoms with Gasteiger partial charge in [0.1, 0.15) is 0 Å². The largest absolute Gasteiger partial charge is 0.394 e. The van der Waals surface area contributed by atoms with Crippen molar-refractivity contribution in [1.82, 2.24) is 4.90 Å². The third kappa shape index (κ3) is 2.29. The molecule has 2 bridgehead atoms. The first-order valence-corrected chi connectivity index (χ1v) is 7.60. The van der Waals surface area contributed by atoms with E-state index in [1.807, 2.05) is 7.05 Å². The molecule has 3 rings (SSSR count). The second-order valence-corrected chi connectivity index (χ2v) is 6.78. The number of hydrogen-bond acceptors (Lipinski definition) is 3. The predicted octanol–water partition coefficient (Wildman–Crippen LogP) is 1.42. The van der Waals surface area contributed by atoms with E-state index in [1.165, 1.54) is 25.7 Å². The molecule has 3 fully saturated rings. The monoisotopic (exact) mass is 267 g/mol. The minimum Gasteiger partial charge on any atom is -0.394 e. The summed E-state index contributed by atoms with van der Waals surface area (Å²) < 4.78 is 5.39. The van der Waals surface area contributed by atoms with Gasteiger partial charge in [-0.15, -0.1) is 0 Å². The number of carbonyl (C=O) groups is 1. The lowest BCUT2D eigenvalue weighted by atomic mass is 9.85. The van der Waals surface area contributed by atoms with E-state index in [0.717, 1.165) is 18.3 Å². The topological polar surface area (TPSA) is 49.8 Å². The standard InChI is InChI=1S/C15H25NO3/c1-16(15(9-17)4-5-19-10-15)14(18)8-13-7-11-2-3-12(13)6-11/h11-13,17H,2-10H2,1H3. The second-order valence-electron chi connectivity index (χ2n) is 6.78. The smallest absolute Gasteiger partial charge is 0.223 e. The quantitative estimate of drug-likeness (QED) is 0.838. The van der Waals surface area contributed by atoms with Gasteiger partial charge in [0.2, 0.25) is 5.91 Å². The van der Waals surface area contributed by atoms with Crippen LogP contribution in [0, 0.1) is 17.8 Å². The van der Waals surface area contributed by atoms with Crippen molar-refractivity contribution in [1.29, 1.82) is 0 Å². The zero-order valence-corrected chi connectivity index (χ0v) is 11.8. The fourth-order valence-corrected chi connectivity index (χ4v) is 4.34. The molecular weight excluding hydrogens is 242 g/mol. The summed E-state index contributed by atoms with van der Waals surface area (Å²) in [6.45, 7) is 1.13. The van der Waals surface area contributed by atoms with Crippen LogP contribution >= 0.6 is 0 Å². The zero-order chi connectivity index (χ0) is 13.5. The highest BCUT2D eigenvalue weighted by Gasteiger charge is 2.44. The Bertz CT molecular complexity index is 351. The van der Waals surface area contributed by atoms with Crippen molar-refractivity contribution in [2.24, 2.45) is 17.8 Å². The molecule has 4 atom stereocenters. The average molecular weight is 267 g/mol. The molecule has 4 heteroatoms. The van der Waals surface area contributed by atoms with Gasteiger partial charge in [-0.25, -0.2) is 0 Å². The Kier molecular flexibility index (Phi) is 3.56. The number of aliphatic hydroxyl groups excluding tert-OH is 1. The Morgan fingerprint density at radius 1 is 1.42 bits per heavy atom. The number of amides is 1. The van der Waals surface area contributed by atoms with Crippen LogP contribution in [-0.2, 0) is 9.53 Å². The number of carbonyl (C=O) groups excluding carboxylic acids is 1. The van der Waals surface area contributed by atoms with Gasteiger partial charge in [-0.1, -0.05) is 6.42 Å². The van der Waals surface area contributed by atoms with E-state index in [-0.39, 0.29) is 12.5 Å². The van der Waals surface area contributed by atoms with Crippen LogP contribution in [0.1, 0.15) is 38.5 Å². The van der Waals surface area contributed by atoms with E-state index >= 15 is 0 Å². The number of likely N-dealkylation sites (N-methyl/N-ethyl adjacent to an activating group) is 1. The Morgan fingerprint density at radius 2 is 2.26 bits per heavy atom. The Morgan fingerprint density at radius 3 is 2.79 bits per heavy atom. The molecule has 1 saturated heterocycles. The summed E-state index contributed by atoms with van der Waals surface area (Å²) in [5.74, 6) is 2.45. The SMILES string of the molecule is CN(C(=O)CC1CC2CCC1C2)C1(CO)CCOC1. The molecule has 1 N–H and O–H groups in total. The van der Waals surface area contributed by atoms with E-state index in [2.05, 4.69) is 0 Å². The van der Waals surface area contributed by atoms with Crippen molar-refractivity contribution < 1.29 is 14.6 Å². The number of nitrogens with zero attached hydrogens (tertiary/aromatic N) is 1. The predicted molar refractivity (Wildman–Crippen MR) is 71.6 cm³/mol. The molecule has 1 aliphatic heterocycles. The zero-order valence-electron chi connectivity index (χ0n) is 11.8. The van der Waals surface area contributed by atoms with Gasteiger partial charge in [-0.2, -0.15) is 0 Å². The normalized spacial score (nSPS) is 40.8. The van der Waals surface area contributed by atoms with E-state index in [1.54, 1.807) is 4.90 Å². The third-order valence-electron chi connectivity index (χ3n) is 5.78. The van der Waals surface area contributed by atoms with Crippen molar-refractivity contribution in [2.75, 3.05) is 26.9 Å². The molecule has 2 saturated carbocycles. The van der Waals surface area contributed by atoms with E-state index < -0.39 is 5.54 Å². The Hall–Kier alpha value is -0.610. The summed E-state index contributed by atoms with van der Waals surface area (Å²) in [7, 11) is 1.83. The summed E-state index contributed by atoms with van der Waals surface area (Å²) in [5, 5.41) is 9.63. The molecule has 4 nitrogen and oxygen atoms in total. The van der Waals surface area contributed by atoms with Crippen LogP contribution in [-0.4, -0.2) is 48.3 Å². The molecule has 0 aromatic rings. The van der Waals surface area contributed by atoms with Crippen LogP contribution in [0.15, 0.2) is 0 Å². The highest BCUT2D eigenvalue weighted by Crippen LogP contribution is 2.49. The molecule has 0 radical (unpaired) electrons. The van der Waals surface area contributed by atoms with Gasteiger partial charge >= 0.3 is 0 Å². The summed E-state index contributed by atoms with van der Waals surface area (Å²) in [6.07, 6.45) is 6.70. The lowest BCUT2D eigenvalue weighted by Gasteiger charge is -2.37. The molecule has 0 aromatic heterocycles. The summed E-state index contributed by atoms with van der Waals surface area (Å²) in [6, 6.07) is 0. The maximum Gasteiger partial charge on any atom is 0.223 e. The van der Waals surface area contributed by atoms with Crippen molar-refractivity contribution in [3.05, 3.63) is 0 Å². The number of hydrogen-bond donors (Lipinski definition) is 1. The molecule has 19 heavy (non-hydrogen) atoms. The van der Waals surface area contributed by atoms with Gasteiger partial charge in [0.05, 0.1) is 18.8 Å². The molecule has 0 spiro atoms. The van der Waals surface area contributed by atoms with Gasteiger partial charge in [0.25, 0.3) is 0 Å². The van der Waals surface area contributed by atoms with E-state index in [9.17, 15) is 9.90 Å². The maximum atomic E-state index is 12.5. The summed E-state index contributed by atoms with van der Waals surface area (Å²) >= 11 is 0. The minimum absolute atomic E-state index is 0.00591. The van der Waals surface area contributed by atoms with Gasteiger partial charge in [0, 0.05) is 20.1 Å². The number of aliphatic hydroxyl groups is 1. The van der Waals surface area contributed by atoms with Crippen LogP contribution in [0.3, 0.4) is 0 Å². The molecule has 0 aromatic carbocycles. The van der Waals surface area contributed by atoms with Crippen LogP contribution in [0.2, 0.25) is 0 Å². The van der Waals surface area contributed by atoms with Gasteiger partial charge in [-0.05, 0) is 43.4 Å². The molecule has 1 heterocycles. The van der Waals surface area contributed by atoms with Crippen LogP contribution in [0.25, 0.3) is 0 Å². The molecule has 1 amide bonds. The van der Waals surface area contributed by atoms with Crippen LogP contribution in [0.5, 0.6) is 0 Å². The third-order valence-corrected chi connectivity index (χ3v) is 5.78. The second kappa shape index (κ2) is 5.06. The summed E-state index contributed by atoms with van der Waals surface area (Å²) in [5.41, 5.74) is -0.464. The van der Waals surface area contributed by atoms with Crippen molar-refractivity contribution in [3.8, 4) is 0 Å². The first-order chi connectivity index (χ1) is 9.14. The van der Waals surface area contributed by atoms with Gasteiger partial charge in [0.15, 0.2) is 0 Å². The first kappa shape index (κ1) is 13.4. The lowest BCUT2D eigenvalue weighted by Crippen LogP contribution is -2.53. The molecule has 2 aliphatic carbocycles. The Labute approximate surface area is 115 Å². The number of fused-ring (bicyclic) bond motifs is 2. The molecule has 108 valence electrons. The maximum absolute atomic E-state index is 12.5. The van der Waals surface area contributed by atoms with Gasteiger partial charge in [-0.3, -0.25) is 4.79 Å². The van der Waals surface area contributed by atoms with Crippen molar-refractivity contribution in [3.63, 3.8) is 0 Å². The molecule has 4 unspecified atom stereocenters. The van der Waals surface area contributed by atoms with Crippen LogP contribution < -0.4 is 0 Å². The molecular formula is C15H25NO3. The molecule has 3 aliphatic rings. The average Bonchev–Trinajstić information content (AvgIpc) is 3.14. The highest BCUT2D eigenvalue weighted by molar-refractivity contribution is 5.77. The van der Waals surface area contributed by atoms with E-state index in [0.29, 0.717) is 25.6 Å². The van der Waals surface area contributed by atoms with Crippen LogP contribution in [0.4, 0.5) is 0 Å². The lowest BCUT2D eigenvalue weighted by molar-refractivity contribution is -0.139. The van der Waals surface area contributed by atoms with E-state index in [4.69, 9.17) is 4.74 Å². The number of ether oxygens (including phenoxy) is 1. The summed E-state index contributed by atoms with van der Waals surface area (Å²) in [4.78, 5) is 14.3.